The van der Waals surface area contributed by atoms with Gasteiger partial charge in [0, 0.05) is 19.1 Å². The van der Waals surface area contributed by atoms with Crippen molar-refractivity contribution in [3.8, 4) is 0 Å². The summed E-state index contributed by atoms with van der Waals surface area (Å²) in [5.41, 5.74) is 2.82. The third-order valence-corrected chi connectivity index (χ3v) is 3.22. The van der Waals surface area contributed by atoms with Gasteiger partial charge in [-0.2, -0.15) is 0 Å². The number of aryl methyl sites for hydroxylation is 1. The van der Waals surface area contributed by atoms with Gasteiger partial charge >= 0.3 is 0 Å². The maximum atomic E-state index is 3.52. The van der Waals surface area contributed by atoms with Crippen LogP contribution in [0.25, 0.3) is 0 Å². The summed E-state index contributed by atoms with van der Waals surface area (Å²) in [7, 11) is 2.20. The molecule has 0 aliphatic heterocycles. The Kier molecular flexibility index (Phi) is 6.23. The van der Waals surface area contributed by atoms with Gasteiger partial charge in [-0.3, -0.25) is 0 Å². The summed E-state index contributed by atoms with van der Waals surface area (Å²) in [6, 6.07) is 9.24. The van der Waals surface area contributed by atoms with Crippen LogP contribution in [0.4, 0.5) is 0 Å². The lowest BCUT2D eigenvalue weighted by atomic mass is 10.1. The molecule has 0 radical (unpaired) electrons. The van der Waals surface area contributed by atoms with E-state index >= 15 is 0 Å². The molecule has 1 unspecified atom stereocenters. The van der Waals surface area contributed by atoms with Crippen molar-refractivity contribution >= 4 is 0 Å². The van der Waals surface area contributed by atoms with E-state index in [0.717, 1.165) is 19.6 Å². The second kappa shape index (κ2) is 7.46. The predicted octanol–water partition coefficient (Wildman–Crippen LogP) is 2.81. The highest BCUT2D eigenvalue weighted by atomic mass is 15.1. The topological polar surface area (TPSA) is 15.3 Å². The molecule has 0 fully saturated rings. The van der Waals surface area contributed by atoms with Crippen molar-refractivity contribution in [1.29, 1.82) is 0 Å². The van der Waals surface area contributed by atoms with Gasteiger partial charge in [0.05, 0.1) is 0 Å². The molecule has 0 aliphatic rings. The molecule has 1 N–H and O–H groups in total. The Morgan fingerprint density at radius 2 is 1.94 bits per heavy atom. The molecule has 2 nitrogen and oxygen atoms in total. The molecule has 2 heteroatoms. The number of nitrogens with zero attached hydrogens (tertiary/aromatic N) is 1. The molecule has 1 aromatic rings. The van der Waals surface area contributed by atoms with E-state index in [1.807, 2.05) is 0 Å². The number of hydrogen-bond donors (Lipinski definition) is 1. The second-order valence-corrected chi connectivity index (χ2v) is 4.79. The van der Waals surface area contributed by atoms with Crippen molar-refractivity contribution in [1.82, 2.24) is 10.2 Å². The van der Waals surface area contributed by atoms with Crippen molar-refractivity contribution in [3.63, 3.8) is 0 Å². The van der Waals surface area contributed by atoms with Crippen LogP contribution in [-0.4, -0.2) is 31.1 Å². The molecule has 0 bridgehead atoms. The number of likely N-dealkylation sites (N-methyl/N-ethyl adjacent to an activating group) is 2. The Hall–Kier alpha value is -0.860. The summed E-state index contributed by atoms with van der Waals surface area (Å²) in [5.74, 6) is 0. The van der Waals surface area contributed by atoms with E-state index in [1.54, 1.807) is 0 Å². The standard InChI is InChI=1S/C15H26N2/c1-5-15(16-6-2)12-17(4)11-14-10-8-7-9-13(14)3/h7-10,15-16H,5-6,11-12H2,1-4H3. The quantitative estimate of drug-likeness (QED) is 0.780. The van der Waals surface area contributed by atoms with Gasteiger partial charge in [0.1, 0.15) is 0 Å². The molecule has 1 atom stereocenters. The lowest BCUT2D eigenvalue weighted by Gasteiger charge is -2.24. The van der Waals surface area contributed by atoms with Crippen molar-refractivity contribution < 1.29 is 0 Å². The van der Waals surface area contributed by atoms with E-state index in [4.69, 9.17) is 0 Å². The first-order valence-electron chi connectivity index (χ1n) is 6.63. The third kappa shape index (κ3) is 4.88. The highest BCUT2D eigenvalue weighted by Gasteiger charge is 2.09. The van der Waals surface area contributed by atoms with Crippen molar-refractivity contribution in [2.24, 2.45) is 0 Å². The van der Waals surface area contributed by atoms with Crippen LogP contribution < -0.4 is 5.32 Å². The Morgan fingerprint density at radius 1 is 1.24 bits per heavy atom. The van der Waals surface area contributed by atoms with E-state index in [0.29, 0.717) is 6.04 Å². The van der Waals surface area contributed by atoms with Crippen LogP contribution in [0.1, 0.15) is 31.4 Å². The van der Waals surface area contributed by atoms with Crippen LogP contribution in [0.3, 0.4) is 0 Å². The van der Waals surface area contributed by atoms with Gasteiger partial charge in [-0.05, 0) is 38.1 Å². The summed E-state index contributed by atoms with van der Waals surface area (Å²) in [4.78, 5) is 2.40. The Labute approximate surface area is 106 Å². The minimum atomic E-state index is 0.606. The minimum Gasteiger partial charge on any atom is -0.313 e. The van der Waals surface area contributed by atoms with Crippen LogP contribution in [0.15, 0.2) is 24.3 Å². The SMILES string of the molecule is CCNC(CC)CN(C)Cc1ccccc1C. The molecule has 0 spiro atoms. The summed E-state index contributed by atoms with van der Waals surface area (Å²) in [6.07, 6.45) is 1.19. The number of rotatable bonds is 7. The normalized spacial score (nSPS) is 13.0. The highest BCUT2D eigenvalue weighted by molar-refractivity contribution is 5.25. The van der Waals surface area contributed by atoms with Crippen LogP contribution in [-0.2, 0) is 6.54 Å². The first-order valence-corrected chi connectivity index (χ1v) is 6.63. The zero-order valence-corrected chi connectivity index (χ0v) is 11.7. The first-order chi connectivity index (χ1) is 8.17. The molecule has 17 heavy (non-hydrogen) atoms. The van der Waals surface area contributed by atoms with Crippen molar-refractivity contribution in [3.05, 3.63) is 35.4 Å². The highest BCUT2D eigenvalue weighted by Crippen LogP contribution is 2.09. The maximum absolute atomic E-state index is 3.52. The summed E-state index contributed by atoms with van der Waals surface area (Å²) >= 11 is 0. The molecule has 0 saturated carbocycles. The largest absolute Gasteiger partial charge is 0.313 e. The molecular formula is C15H26N2. The van der Waals surface area contributed by atoms with Gasteiger partial charge in [-0.25, -0.2) is 0 Å². The van der Waals surface area contributed by atoms with Gasteiger partial charge in [-0.1, -0.05) is 38.1 Å². The minimum absolute atomic E-state index is 0.606. The van der Waals surface area contributed by atoms with Crippen LogP contribution in [0, 0.1) is 6.92 Å². The van der Waals surface area contributed by atoms with Gasteiger partial charge in [0.25, 0.3) is 0 Å². The van der Waals surface area contributed by atoms with Crippen LogP contribution in [0.5, 0.6) is 0 Å². The molecule has 0 saturated heterocycles. The first kappa shape index (κ1) is 14.2. The van der Waals surface area contributed by atoms with Crippen molar-refractivity contribution in [2.45, 2.75) is 39.8 Å². The van der Waals surface area contributed by atoms with Gasteiger partial charge < -0.3 is 10.2 Å². The molecule has 0 heterocycles. The summed E-state index contributed by atoms with van der Waals surface area (Å²) < 4.78 is 0. The zero-order chi connectivity index (χ0) is 12.7. The third-order valence-electron chi connectivity index (χ3n) is 3.22. The van der Waals surface area contributed by atoms with E-state index in [-0.39, 0.29) is 0 Å². The fraction of sp³-hybridized carbons (Fsp3) is 0.600. The molecule has 0 aliphatic carbocycles. The van der Waals surface area contributed by atoms with Crippen LogP contribution >= 0.6 is 0 Å². The number of nitrogens with one attached hydrogen (secondary N) is 1. The molecule has 0 amide bonds. The Bertz CT molecular complexity index is 322. The number of hydrogen-bond acceptors (Lipinski definition) is 2. The van der Waals surface area contributed by atoms with E-state index in [1.165, 1.54) is 17.5 Å². The van der Waals surface area contributed by atoms with E-state index < -0.39 is 0 Å². The number of benzene rings is 1. The average Bonchev–Trinajstić information content (AvgIpc) is 2.31. The predicted molar refractivity (Wildman–Crippen MR) is 75.3 cm³/mol. The molecule has 1 rings (SSSR count). The average molecular weight is 234 g/mol. The molecule has 1 aromatic carbocycles. The fourth-order valence-corrected chi connectivity index (χ4v) is 2.15. The van der Waals surface area contributed by atoms with Gasteiger partial charge in [0.15, 0.2) is 0 Å². The molecular weight excluding hydrogens is 208 g/mol. The van der Waals surface area contributed by atoms with Gasteiger partial charge in [-0.15, -0.1) is 0 Å². The Balaban J connectivity index is 2.49. The lowest BCUT2D eigenvalue weighted by molar-refractivity contribution is 0.279. The second-order valence-electron chi connectivity index (χ2n) is 4.79. The molecule has 96 valence electrons. The zero-order valence-electron chi connectivity index (χ0n) is 11.7. The van der Waals surface area contributed by atoms with Crippen molar-refractivity contribution in [2.75, 3.05) is 20.1 Å². The maximum Gasteiger partial charge on any atom is 0.0233 e. The summed E-state index contributed by atoms with van der Waals surface area (Å²) in [5, 5.41) is 3.52. The molecule has 0 aromatic heterocycles. The smallest absolute Gasteiger partial charge is 0.0233 e. The monoisotopic (exact) mass is 234 g/mol. The summed E-state index contributed by atoms with van der Waals surface area (Å²) in [6.45, 7) is 9.80. The lowest BCUT2D eigenvalue weighted by Crippen LogP contribution is -2.38. The fourth-order valence-electron chi connectivity index (χ4n) is 2.15. The van der Waals surface area contributed by atoms with Crippen LogP contribution in [0.2, 0.25) is 0 Å². The Morgan fingerprint density at radius 3 is 2.53 bits per heavy atom. The van der Waals surface area contributed by atoms with E-state index in [9.17, 15) is 0 Å². The van der Waals surface area contributed by atoms with Gasteiger partial charge in [0.2, 0.25) is 0 Å². The van der Waals surface area contributed by atoms with E-state index in [2.05, 4.69) is 62.3 Å².